The molecule has 0 unspecified atom stereocenters. The fourth-order valence-electron chi connectivity index (χ4n) is 8.26. The number of aldehydes is 1. The van der Waals surface area contributed by atoms with E-state index in [1.807, 2.05) is 0 Å². The monoisotopic (exact) mass is 567 g/mol. The molecule has 4 bridgehead atoms. The summed E-state index contributed by atoms with van der Waals surface area (Å²) in [5.74, 6) is 3.56. The van der Waals surface area contributed by atoms with Crippen LogP contribution in [0, 0.1) is 17.8 Å². The van der Waals surface area contributed by atoms with Gasteiger partial charge in [0.2, 0.25) is 0 Å². The van der Waals surface area contributed by atoms with Gasteiger partial charge in [0.15, 0.2) is 0 Å². The van der Waals surface area contributed by atoms with E-state index in [0.29, 0.717) is 24.7 Å². The Morgan fingerprint density at radius 3 is 2.15 bits per heavy atom. The summed E-state index contributed by atoms with van der Waals surface area (Å²) in [5.41, 5.74) is 3.94. The Labute approximate surface area is 239 Å². The number of carbonyl (C=O) groups excluding carboxylic acids is 1. The molecule has 2 aromatic rings. The first-order valence-electron chi connectivity index (χ1n) is 14.8. The summed E-state index contributed by atoms with van der Waals surface area (Å²) in [6.45, 7) is 11.2. The lowest BCUT2D eigenvalue weighted by atomic mass is 9.47. The van der Waals surface area contributed by atoms with Gasteiger partial charge < -0.3 is 4.43 Å². The van der Waals surface area contributed by atoms with Crippen molar-refractivity contribution in [3.05, 3.63) is 70.3 Å². The summed E-state index contributed by atoms with van der Waals surface area (Å²) in [7, 11) is -1.05. The molecule has 4 aliphatic carbocycles. The average Bonchev–Trinajstić information content (AvgIpc) is 2.85. The molecule has 4 aliphatic rings. The van der Waals surface area contributed by atoms with Gasteiger partial charge in [0, 0.05) is 11.1 Å². The van der Waals surface area contributed by atoms with Gasteiger partial charge in [0.05, 0.1) is 5.56 Å². The first kappa shape index (κ1) is 29.2. The molecule has 4 fully saturated rings. The molecule has 0 amide bonds. The molecule has 2 nitrogen and oxygen atoms in total. The van der Waals surface area contributed by atoms with Gasteiger partial charge in [-0.15, -0.1) is 0 Å². The van der Waals surface area contributed by atoms with E-state index >= 15 is 0 Å². The minimum absolute atomic E-state index is 0.0941. The van der Waals surface area contributed by atoms with Gasteiger partial charge in [-0.3, -0.25) is 4.79 Å². The summed E-state index contributed by atoms with van der Waals surface area (Å²) in [4.78, 5) is 11.9. The summed E-state index contributed by atoms with van der Waals surface area (Å²) >= 11 is 0. The summed E-state index contributed by atoms with van der Waals surface area (Å²) in [6.07, 6.45) is 7.25. The summed E-state index contributed by atoms with van der Waals surface area (Å²) < 4.78 is 46.4. The molecule has 1 radical (unpaired) electrons. The molecular weight excluding hydrogens is 525 g/mol. The van der Waals surface area contributed by atoms with Crippen LogP contribution in [0.1, 0.15) is 93.5 Å². The Balaban J connectivity index is 1.49. The minimum Gasteiger partial charge on any atom is -0.542 e. The number of alkyl halides is 3. The van der Waals surface area contributed by atoms with E-state index in [4.69, 9.17) is 4.43 Å². The minimum atomic E-state index is -4.45. The lowest BCUT2D eigenvalue weighted by Crippen LogP contribution is -2.49. The number of aryl methyl sites for hydroxylation is 1. The van der Waals surface area contributed by atoms with E-state index in [0.717, 1.165) is 41.2 Å². The first-order valence-corrected chi connectivity index (χ1v) is 17.2. The van der Waals surface area contributed by atoms with E-state index in [1.54, 1.807) is 12.1 Å². The zero-order valence-corrected chi connectivity index (χ0v) is 25.5. The van der Waals surface area contributed by atoms with Crippen molar-refractivity contribution in [1.82, 2.24) is 0 Å². The van der Waals surface area contributed by atoms with Gasteiger partial charge >= 0.3 is 6.18 Å². The molecule has 4 saturated carbocycles. The Kier molecular flexibility index (Phi) is 7.88. The molecular formula is C34H42F3O2Si. The van der Waals surface area contributed by atoms with Crippen molar-refractivity contribution in [2.24, 2.45) is 17.8 Å². The van der Waals surface area contributed by atoms with Crippen molar-refractivity contribution in [3.63, 3.8) is 0 Å². The highest BCUT2D eigenvalue weighted by atomic mass is 28.3. The van der Waals surface area contributed by atoms with Gasteiger partial charge in [-0.2, -0.15) is 13.2 Å². The van der Waals surface area contributed by atoms with E-state index in [-0.39, 0.29) is 16.4 Å². The molecule has 215 valence electrons. The molecule has 0 heterocycles. The second-order valence-electron chi connectivity index (χ2n) is 13.8. The standard InChI is InChI=1S/C34H42F3O2Si/c1-32(2,3)30-29(33-18-22-14-23(19-33)16-24(15-22)20-33)13-12-25(31(30)39-40(4)5)8-6-10-27(21-38)26-9-7-11-28(17-26)34(35,36)37/h7,9-13,17,21-24H,6,8,14-16,18-20H2,1-5H3. The van der Waals surface area contributed by atoms with Gasteiger partial charge in [0.1, 0.15) is 12.0 Å². The van der Waals surface area contributed by atoms with Gasteiger partial charge in [-0.05, 0) is 122 Å². The van der Waals surface area contributed by atoms with Gasteiger partial charge in [0.25, 0.3) is 9.04 Å². The average molecular weight is 568 g/mol. The fraction of sp³-hybridized carbons (Fsp3) is 0.559. The predicted molar refractivity (Wildman–Crippen MR) is 157 cm³/mol. The maximum Gasteiger partial charge on any atom is 0.416 e. The zero-order valence-electron chi connectivity index (χ0n) is 24.5. The van der Waals surface area contributed by atoms with Crippen LogP contribution in [0.15, 0.2) is 42.5 Å². The number of hydrogen-bond donors (Lipinski definition) is 0. The van der Waals surface area contributed by atoms with Crippen LogP contribution in [-0.4, -0.2) is 15.3 Å². The van der Waals surface area contributed by atoms with Crippen molar-refractivity contribution in [1.29, 1.82) is 0 Å². The van der Waals surface area contributed by atoms with Crippen LogP contribution in [0.25, 0.3) is 5.57 Å². The molecule has 0 spiro atoms. The van der Waals surface area contributed by atoms with E-state index in [2.05, 4.69) is 46.0 Å². The second kappa shape index (κ2) is 10.8. The SMILES string of the molecule is C[Si](C)Oc1c(CCC=C(C=O)c2cccc(C(F)(F)F)c2)ccc(C23CC4CC(CC(C4)C2)C3)c1C(C)(C)C. The molecule has 6 rings (SSSR count). The Bertz CT molecular complexity index is 1250. The van der Waals surface area contributed by atoms with Crippen LogP contribution >= 0.6 is 0 Å². The van der Waals surface area contributed by atoms with Crippen molar-refractivity contribution in [2.75, 3.05) is 0 Å². The number of allylic oxidation sites excluding steroid dienone is 2. The number of carbonyl (C=O) groups is 1. The van der Waals surface area contributed by atoms with Crippen molar-refractivity contribution >= 4 is 20.9 Å². The Morgan fingerprint density at radius 1 is 1.00 bits per heavy atom. The molecule has 2 aromatic carbocycles. The van der Waals surface area contributed by atoms with Crippen molar-refractivity contribution in [3.8, 4) is 5.75 Å². The zero-order chi connectivity index (χ0) is 28.9. The van der Waals surface area contributed by atoms with Crippen LogP contribution in [0.5, 0.6) is 5.75 Å². The largest absolute Gasteiger partial charge is 0.542 e. The maximum atomic E-state index is 13.2. The van der Waals surface area contributed by atoms with Gasteiger partial charge in [-0.1, -0.05) is 51.1 Å². The molecule has 0 saturated heterocycles. The van der Waals surface area contributed by atoms with E-state index in [9.17, 15) is 18.0 Å². The normalized spacial score (nSPS) is 26.4. The highest BCUT2D eigenvalue weighted by Crippen LogP contribution is 2.62. The second-order valence-corrected chi connectivity index (χ2v) is 15.8. The third-order valence-corrected chi connectivity index (χ3v) is 9.95. The van der Waals surface area contributed by atoms with Crippen LogP contribution in [0.2, 0.25) is 13.1 Å². The predicted octanol–water partition coefficient (Wildman–Crippen LogP) is 9.32. The lowest BCUT2D eigenvalue weighted by Gasteiger charge is -2.58. The smallest absolute Gasteiger partial charge is 0.416 e. The molecule has 0 N–H and O–H groups in total. The third-order valence-electron chi connectivity index (χ3n) is 9.33. The van der Waals surface area contributed by atoms with Crippen LogP contribution in [0.4, 0.5) is 13.2 Å². The molecule has 6 heteroatoms. The highest BCUT2D eigenvalue weighted by Gasteiger charge is 2.53. The van der Waals surface area contributed by atoms with Crippen molar-refractivity contribution in [2.45, 2.75) is 102 Å². The van der Waals surface area contributed by atoms with Crippen LogP contribution in [-0.2, 0) is 28.2 Å². The summed E-state index contributed by atoms with van der Waals surface area (Å²) in [6, 6.07) is 9.61. The van der Waals surface area contributed by atoms with Crippen LogP contribution in [0.3, 0.4) is 0 Å². The fourth-order valence-corrected chi connectivity index (χ4v) is 8.90. The van der Waals surface area contributed by atoms with E-state index < -0.39 is 20.8 Å². The summed E-state index contributed by atoms with van der Waals surface area (Å²) in [5, 5.41) is 0. The number of halogens is 3. The van der Waals surface area contributed by atoms with Crippen molar-refractivity contribution < 1.29 is 22.4 Å². The quantitative estimate of drug-likeness (QED) is 0.180. The Hall–Kier alpha value is -2.34. The molecule has 0 atom stereocenters. The molecule has 0 aromatic heterocycles. The lowest BCUT2D eigenvalue weighted by molar-refractivity contribution is -0.137. The Morgan fingerprint density at radius 2 is 1.62 bits per heavy atom. The molecule has 0 aliphatic heterocycles. The number of rotatable bonds is 8. The maximum absolute atomic E-state index is 13.2. The van der Waals surface area contributed by atoms with Crippen LogP contribution < -0.4 is 4.43 Å². The number of hydrogen-bond acceptors (Lipinski definition) is 2. The third kappa shape index (κ3) is 5.84. The van der Waals surface area contributed by atoms with E-state index in [1.165, 1.54) is 55.7 Å². The highest BCUT2D eigenvalue weighted by molar-refractivity contribution is 6.49. The topological polar surface area (TPSA) is 26.3 Å². The molecule has 40 heavy (non-hydrogen) atoms. The van der Waals surface area contributed by atoms with Gasteiger partial charge in [-0.25, -0.2) is 0 Å². The number of benzene rings is 2. The first-order chi connectivity index (χ1) is 18.8.